The standard InChI is InChI=1S/C10H7F3O2/c1-15-9(14)6-7-2-4-8(5-3-7)10(11,12)13/h2-5H,1H3. The minimum Gasteiger partial charge on any atom is -0.603 e. The monoisotopic (exact) mass is 216 g/mol. The topological polar surface area (TPSA) is 32.3 Å². The average Bonchev–Trinajstić information content (AvgIpc) is 2.17. The van der Waals surface area contributed by atoms with Crippen molar-refractivity contribution in [3.05, 3.63) is 47.5 Å². The number of allylic oxidation sites excluding steroid dienone is 5. The molecule has 0 aromatic heterocycles. The van der Waals surface area contributed by atoms with E-state index in [0.29, 0.717) is 0 Å². The maximum atomic E-state index is 12.1. The van der Waals surface area contributed by atoms with E-state index < -0.39 is 17.7 Å². The van der Waals surface area contributed by atoms with Gasteiger partial charge in [-0.15, -0.1) is 0 Å². The Kier molecular flexibility index (Phi) is 3.17. The molecule has 1 aliphatic rings. The molecule has 0 aliphatic heterocycles. The Bertz CT molecular complexity index is 369. The summed E-state index contributed by atoms with van der Waals surface area (Å²) in [5.74, 6) is -0.727. The molecule has 0 aromatic rings. The number of ether oxygens (including phenoxy) is 1. The summed E-state index contributed by atoms with van der Waals surface area (Å²) in [5, 5.41) is 10.7. The number of hydrogen-bond acceptors (Lipinski definition) is 2. The first-order chi connectivity index (χ1) is 6.93. The van der Waals surface area contributed by atoms with Crippen LogP contribution < -0.4 is 5.11 Å². The van der Waals surface area contributed by atoms with Gasteiger partial charge in [-0.05, 0) is 7.11 Å². The van der Waals surface area contributed by atoms with Crippen LogP contribution >= 0.6 is 0 Å². The van der Waals surface area contributed by atoms with Crippen LogP contribution in [0.5, 0.6) is 0 Å². The van der Waals surface area contributed by atoms with Gasteiger partial charge in [-0.25, -0.2) is 0 Å². The highest BCUT2D eigenvalue weighted by Gasteiger charge is 2.37. The van der Waals surface area contributed by atoms with Crippen LogP contribution in [-0.4, -0.2) is 13.3 Å². The molecule has 0 amide bonds. The highest BCUT2D eigenvalue weighted by molar-refractivity contribution is 5.44. The van der Waals surface area contributed by atoms with E-state index in [9.17, 15) is 18.3 Å². The fourth-order valence-corrected chi connectivity index (χ4v) is 0.911. The second-order valence-electron chi connectivity index (χ2n) is 2.69. The minimum atomic E-state index is -4.37. The zero-order chi connectivity index (χ0) is 11.5. The Morgan fingerprint density at radius 2 is 2.13 bits per heavy atom. The lowest BCUT2D eigenvalue weighted by Gasteiger charge is -2.05. The molecule has 2 nitrogen and oxygen atoms in total. The molecule has 0 N–H and O–H groups in total. The number of rotatable bonds is 1. The third-order valence-corrected chi connectivity index (χ3v) is 1.64. The molecule has 5 heteroatoms. The van der Waals surface area contributed by atoms with Crippen LogP contribution in [0, 0.1) is 6.42 Å². The molecule has 0 atom stereocenters. The first-order valence-corrected chi connectivity index (χ1v) is 3.95. The Morgan fingerprint density at radius 1 is 1.47 bits per heavy atom. The van der Waals surface area contributed by atoms with Crippen LogP contribution in [0.15, 0.2) is 41.1 Å². The van der Waals surface area contributed by atoms with Gasteiger partial charge in [-0.3, -0.25) is 0 Å². The largest absolute Gasteiger partial charge is 0.603 e. The molecule has 1 aliphatic carbocycles. The van der Waals surface area contributed by atoms with Gasteiger partial charge in [0.05, 0.1) is 0 Å². The van der Waals surface area contributed by atoms with Crippen LogP contribution in [0.1, 0.15) is 0 Å². The highest BCUT2D eigenvalue weighted by Crippen LogP contribution is 2.29. The zero-order valence-electron chi connectivity index (χ0n) is 7.76. The Morgan fingerprint density at radius 3 is 2.53 bits per heavy atom. The third kappa shape index (κ3) is 3.14. The molecule has 0 fully saturated rings. The Balaban J connectivity index is 2.86. The van der Waals surface area contributed by atoms with Crippen molar-refractivity contribution in [1.29, 1.82) is 0 Å². The smallest absolute Gasteiger partial charge is 0.453 e. The third-order valence-electron chi connectivity index (χ3n) is 1.64. The van der Waals surface area contributed by atoms with Crippen molar-refractivity contribution >= 4 is 0 Å². The fraction of sp³-hybridized carbons (Fsp3) is 0.200. The summed E-state index contributed by atoms with van der Waals surface area (Å²) in [7, 11) is 1.17. The molecule has 0 saturated carbocycles. The van der Waals surface area contributed by atoms with Crippen molar-refractivity contribution in [2.24, 2.45) is 0 Å². The summed E-state index contributed by atoms with van der Waals surface area (Å²) in [4.78, 5) is 0. The van der Waals surface area contributed by atoms with Crippen molar-refractivity contribution in [2.75, 3.05) is 7.11 Å². The second-order valence-corrected chi connectivity index (χ2v) is 2.69. The van der Waals surface area contributed by atoms with Crippen molar-refractivity contribution < 1.29 is 23.0 Å². The van der Waals surface area contributed by atoms with Gasteiger partial charge in [0.1, 0.15) is 11.1 Å². The van der Waals surface area contributed by atoms with E-state index in [1.54, 1.807) is 0 Å². The van der Waals surface area contributed by atoms with Crippen LogP contribution in [0.4, 0.5) is 13.2 Å². The van der Waals surface area contributed by atoms with Crippen LogP contribution in [-0.2, 0) is 4.74 Å². The van der Waals surface area contributed by atoms with Crippen LogP contribution in [0.3, 0.4) is 0 Å². The molecular formula is C10H7F3O2. The van der Waals surface area contributed by atoms with Gasteiger partial charge in [0.15, 0.2) is 5.95 Å². The Labute approximate surface area is 84.7 Å². The van der Waals surface area contributed by atoms with Crippen molar-refractivity contribution in [3.8, 4) is 0 Å². The first-order valence-electron chi connectivity index (χ1n) is 3.95. The fourth-order valence-electron chi connectivity index (χ4n) is 0.911. The van der Waals surface area contributed by atoms with Gasteiger partial charge in [-0.1, -0.05) is 0 Å². The molecular weight excluding hydrogens is 209 g/mol. The predicted molar refractivity (Wildman–Crippen MR) is 45.1 cm³/mol. The lowest BCUT2D eigenvalue weighted by molar-refractivity contribution is -0.352. The maximum Gasteiger partial charge on any atom is 0.453 e. The summed E-state index contributed by atoms with van der Waals surface area (Å²) >= 11 is 0. The van der Waals surface area contributed by atoms with Gasteiger partial charge in [0.2, 0.25) is 0 Å². The molecule has 0 heterocycles. The molecule has 15 heavy (non-hydrogen) atoms. The van der Waals surface area contributed by atoms with Crippen LogP contribution in [0.2, 0.25) is 0 Å². The summed E-state index contributed by atoms with van der Waals surface area (Å²) in [6, 6.07) is 0. The predicted octanol–water partition coefficient (Wildman–Crippen LogP) is 1.62. The summed E-state index contributed by atoms with van der Waals surface area (Å²) < 4.78 is 40.7. The number of hydrogen-bond donors (Lipinski definition) is 0. The summed E-state index contributed by atoms with van der Waals surface area (Å²) in [6.07, 6.45) is -0.306. The number of halogens is 3. The van der Waals surface area contributed by atoms with E-state index in [1.165, 1.54) is 7.11 Å². The van der Waals surface area contributed by atoms with Gasteiger partial charge in [0, 0.05) is 30.4 Å². The number of alkyl halides is 3. The normalized spacial score (nSPS) is 15.2. The Hall–Kier alpha value is -1.74. The summed E-state index contributed by atoms with van der Waals surface area (Å²) in [6.45, 7) is 0. The second kappa shape index (κ2) is 4.19. The minimum absolute atomic E-state index is 0.245. The molecule has 0 unspecified atom stereocenters. The molecule has 0 saturated heterocycles. The SMILES string of the molecule is COC([O-])=C=C1C=CC(C(F)(F)F)=C[CH+]1. The quantitative estimate of drug-likeness (QED) is 0.379. The molecule has 0 spiro atoms. The molecule has 80 valence electrons. The zero-order valence-corrected chi connectivity index (χ0v) is 7.76. The van der Waals surface area contributed by atoms with Crippen molar-refractivity contribution in [2.45, 2.75) is 6.18 Å². The van der Waals surface area contributed by atoms with Gasteiger partial charge in [0.25, 0.3) is 0 Å². The highest BCUT2D eigenvalue weighted by atomic mass is 19.4. The van der Waals surface area contributed by atoms with Gasteiger partial charge >= 0.3 is 6.18 Å². The van der Waals surface area contributed by atoms with E-state index in [2.05, 4.69) is 10.5 Å². The first kappa shape index (κ1) is 11.3. The van der Waals surface area contributed by atoms with E-state index in [0.717, 1.165) is 24.6 Å². The molecule has 0 aromatic carbocycles. The van der Waals surface area contributed by atoms with E-state index >= 15 is 0 Å². The molecule has 1 rings (SSSR count). The van der Waals surface area contributed by atoms with Crippen LogP contribution in [0.25, 0.3) is 0 Å². The summed E-state index contributed by atoms with van der Waals surface area (Å²) in [5.41, 5.74) is 1.72. The lowest BCUT2D eigenvalue weighted by Crippen LogP contribution is -2.11. The molecule has 0 bridgehead atoms. The van der Waals surface area contributed by atoms with E-state index in [1.807, 2.05) is 0 Å². The average molecular weight is 216 g/mol. The van der Waals surface area contributed by atoms with E-state index in [-0.39, 0.29) is 5.57 Å². The van der Waals surface area contributed by atoms with Crippen molar-refractivity contribution in [1.82, 2.24) is 0 Å². The van der Waals surface area contributed by atoms with Gasteiger partial charge in [-0.2, -0.15) is 13.2 Å². The van der Waals surface area contributed by atoms with E-state index in [4.69, 9.17) is 0 Å². The maximum absolute atomic E-state index is 12.1. The van der Waals surface area contributed by atoms with Crippen molar-refractivity contribution in [3.63, 3.8) is 0 Å². The number of methoxy groups -OCH3 is 1. The molecule has 0 radical (unpaired) electrons. The lowest BCUT2D eigenvalue weighted by atomic mass is 10.0. The van der Waals surface area contributed by atoms with Gasteiger partial charge < -0.3 is 9.84 Å².